The number of aryl methyl sites for hydroxylation is 1. The van der Waals surface area contributed by atoms with Gasteiger partial charge in [-0.1, -0.05) is 48.9 Å². The van der Waals surface area contributed by atoms with Crippen molar-refractivity contribution in [3.63, 3.8) is 0 Å². The van der Waals surface area contributed by atoms with E-state index in [9.17, 15) is 15.3 Å². The van der Waals surface area contributed by atoms with Crippen LogP contribution in [0.3, 0.4) is 0 Å². The number of phenols is 1. The van der Waals surface area contributed by atoms with Gasteiger partial charge in [0.1, 0.15) is 12.0 Å². The fourth-order valence-corrected chi connectivity index (χ4v) is 4.07. The van der Waals surface area contributed by atoms with Gasteiger partial charge in [0, 0.05) is 19.5 Å². The van der Waals surface area contributed by atoms with Crippen molar-refractivity contribution < 1.29 is 15.3 Å². The van der Waals surface area contributed by atoms with Gasteiger partial charge >= 0.3 is 0 Å². The number of halogens is 1. The number of nitrogens with zero attached hydrogens (tertiary/aromatic N) is 1. The van der Waals surface area contributed by atoms with Gasteiger partial charge in [0.15, 0.2) is 0 Å². The SMILES string of the molecule is CCCN1CCC(O)(Cc2ccc(C)cc2)C(c2ccc(O)cc2)C1O.Cl. The van der Waals surface area contributed by atoms with Crippen molar-refractivity contribution in [3.8, 4) is 5.75 Å². The Morgan fingerprint density at radius 2 is 1.70 bits per heavy atom. The zero-order chi connectivity index (χ0) is 18.7. The summed E-state index contributed by atoms with van der Waals surface area (Å²) in [6.07, 6.45) is 1.30. The summed E-state index contributed by atoms with van der Waals surface area (Å²) in [5, 5.41) is 32.2. The van der Waals surface area contributed by atoms with Crippen LogP contribution in [0.2, 0.25) is 0 Å². The minimum absolute atomic E-state index is 0. The molecule has 4 nitrogen and oxygen atoms in total. The molecule has 0 saturated carbocycles. The summed E-state index contributed by atoms with van der Waals surface area (Å²) >= 11 is 0. The van der Waals surface area contributed by atoms with Crippen LogP contribution in [0.1, 0.15) is 42.4 Å². The highest BCUT2D eigenvalue weighted by atomic mass is 35.5. The highest BCUT2D eigenvalue weighted by Gasteiger charge is 2.47. The first-order chi connectivity index (χ1) is 12.4. The predicted octanol–water partition coefficient (Wildman–Crippen LogP) is 3.61. The maximum Gasteiger partial charge on any atom is 0.117 e. The maximum atomic E-state index is 11.6. The fraction of sp³-hybridized carbons (Fsp3) is 0.455. The molecule has 0 aromatic heterocycles. The Labute approximate surface area is 167 Å². The number of piperidine rings is 1. The van der Waals surface area contributed by atoms with Crippen LogP contribution in [-0.4, -0.2) is 45.1 Å². The number of rotatable bonds is 5. The number of aliphatic hydroxyl groups excluding tert-OH is 1. The van der Waals surface area contributed by atoms with E-state index in [4.69, 9.17) is 0 Å². The van der Waals surface area contributed by atoms with Crippen LogP contribution in [-0.2, 0) is 6.42 Å². The number of hydrogen-bond donors (Lipinski definition) is 3. The highest BCUT2D eigenvalue weighted by Crippen LogP contribution is 2.42. The summed E-state index contributed by atoms with van der Waals surface area (Å²) in [5.41, 5.74) is 2.08. The lowest BCUT2D eigenvalue weighted by atomic mass is 9.72. The first kappa shape index (κ1) is 21.7. The average Bonchev–Trinajstić information content (AvgIpc) is 2.61. The molecule has 148 valence electrons. The van der Waals surface area contributed by atoms with Crippen LogP contribution >= 0.6 is 12.4 Å². The summed E-state index contributed by atoms with van der Waals surface area (Å²) in [5.74, 6) is -0.240. The molecule has 0 amide bonds. The van der Waals surface area contributed by atoms with Gasteiger partial charge in [-0.2, -0.15) is 0 Å². The van der Waals surface area contributed by atoms with E-state index in [-0.39, 0.29) is 18.2 Å². The normalized spacial score (nSPS) is 25.8. The van der Waals surface area contributed by atoms with E-state index in [1.165, 1.54) is 5.56 Å². The van der Waals surface area contributed by atoms with Gasteiger partial charge in [0.2, 0.25) is 0 Å². The van der Waals surface area contributed by atoms with Crippen molar-refractivity contribution in [3.05, 3.63) is 65.2 Å². The van der Waals surface area contributed by atoms with Crippen molar-refractivity contribution in [2.45, 2.75) is 50.9 Å². The lowest BCUT2D eigenvalue weighted by molar-refractivity contribution is -0.136. The number of aromatic hydroxyl groups is 1. The highest BCUT2D eigenvalue weighted by molar-refractivity contribution is 5.85. The van der Waals surface area contributed by atoms with Crippen LogP contribution in [0.15, 0.2) is 48.5 Å². The molecule has 5 heteroatoms. The number of likely N-dealkylation sites (tertiary alicyclic amines) is 1. The molecule has 3 N–H and O–H groups in total. The van der Waals surface area contributed by atoms with Crippen molar-refractivity contribution in [2.24, 2.45) is 0 Å². The van der Waals surface area contributed by atoms with E-state index in [0.717, 1.165) is 24.1 Å². The summed E-state index contributed by atoms with van der Waals surface area (Å²) in [6.45, 7) is 5.61. The molecule has 0 radical (unpaired) electrons. The summed E-state index contributed by atoms with van der Waals surface area (Å²) < 4.78 is 0. The fourth-order valence-electron chi connectivity index (χ4n) is 4.07. The second kappa shape index (κ2) is 9.07. The first-order valence-corrected chi connectivity index (χ1v) is 9.42. The zero-order valence-electron chi connectivity index (χ0n) is 16.0. The molecule has 1 saturated heterocycles. The molecule has 3 atom stereocenters. The molecule has 1 heterocycles. The van der Waals surface area contributed by atoms with Crippen LogP contribution in [0.4, 0.5) is 0 Å². The van der Waals surface area contributed by atoms with Crippen molar-refractivity contribution >= 4 is 12.4 Å². The molecule has 0 aliphatic carbocycles. The Morgan fingerprint density at radius 3 is 2.30 bits per heavy atom. The Bertz CT molecular complexity index is 719. The molecule has 2 aromatic carbocycles. The van der Waals surface area contributed by atoms with Gasteiger partial charge in [-0.05, 0) is 43.0 Å². The number of aliphatic hydroxyl groups is 2. The third-order valence-corrected chi connectivity index (χ3v) is 5.48. The number of hydrogen-bond acceptors (Lipinski definition) is 4. The van der Waals surface area contributed by atoms with Crippen LogP contribution in [0, 0.1) is 6.92 Å². The molecule has 1 aliphatic rings. The number of phenolic OH excluding ortho intramolecular Hbond substituents is 1. The van der Waals surface area contributed by atoms with Crippen molar-refractivity contribution in [1.29, 1.82) is 0 Å². The predicted molar refractivity (Wildman–Crippen MR) is 110 cm³/mol. The Balaban J connectivity index is 0.00000261. The minimum atomic E-state index is -1.03. The van der Waals surface area contributed by atoms with E-state index in [0.29, 0.717) is 19.4 Å². The van der Waals surface area contributed by atoms with Crippen LogP contribution in [0.5, 0.6) is 5.75 Å². The molecule has 2 aromatic rings. The van der Waals surface area contributed by atoms with Crippen molar-refractivity contribution in [2.75, 3.05) is 13.1 Å². The van der Waals surface area contributed by atoms with Crippen molar-refractivity contribution in [1.82, 2.24) is 4.90 Å². The van der Waals surface area contributed by atoms with Gasteiger partial charge in [0.25, 0.3) is 0 Å². The van der Waals surface area contributed by atoms with E-state index in [1.807, 2.05) is 24.0 Å². The topological polar surface area (TPSA) is 63.9 Å². The molecule has 27 heavy (non-hydrogen) atoms. The largest absolute Gasteiger partial charge is 0.508 e. The number of benzene rings is 2. The van der Waals surface area contributed by atoms with Crippen LogP contribution in [0.25, 0.3) is 0 Å². The molecule has 1 aliphatic heterocycles. The zero-order valence-corrected chi connectivity index (χ0v) is 16.8. The molecule has 1 fully saturated rings. The van der Waals surface area contributed by atoms with Crippen LogP contribution < -0.4 is 0 Å². The first-order valence-electron chi connectivity index (χ1n) is 9.42. The van der Waals surface area contributed by atoms with E-state index < -0.39 is 17.7 Å². The third-order valence-electron chi connectivity index (χ3n) is 5.48. The summed E-state index contributed by atoms with van der Waals surface area (Å²) in [7, 11) is 0. The monoisotopic (exact) mass is 391 g/mol. The van der Waals surface area contributed by atoms with Gasteiger partial charge in [-0.3, -0.25) is 4.90 Å². The Morgan fingerprint density at radius 1 is 1.07 bits per heavy atom. The molecule has 3 rings (SSSR count). The Hall–Kier alpha value is -1.59. The van der Waals surface area contributed by atoms with E-state index in [1.54, 1.807) is 24.3 Å². The minimum Gasteiger partial charge on any atom is -0.508 e. The lowest BCUT2D eigenvalue weighted by Crippen LogP contribution is -2.57. The third kappa shape index (κ3) is 4.82. The smallest absolute Gasteiger partial charge is 0.117 e. The summed E-state index contributed by atoms with van der Waals surface area (Å²) in [6, 6.07) is 15.0. The maximum absolute atomic E-state index is 11.6. The second-order valence-corrected chi connectivity index (χ2v) is 7.53. The van der Waals surface area contributed by atoms with Gasteiger partial charge < -0.3 is 15.3 Å². The molecule has 3 unspecified atom stereocenters. The lowest BCUT2D eigenvalue weighted by Gasteiger charge is -2.48. The Kier molecular flexibility index (Phi) is 7.29. The molecule has 0 bridgehead atoms. The quantitative estimate of drug-likeness (QED) is 0.728. The summed E-state index contributed by atoms with van der Waals surface area (Å²) in [4.78, 5) is 2.04. The molecule has 0 spiro atoms. The van der Waals surface area contributed by atoms with Gasteiger partial charge in [-0.15, -0.1) is 12.4 Å². The van der Waals surface area contributed by atoms with E-state index in [2.05, 4.69) is 19.1 Å². The molecular formula is C22H30ClNO3. The second-order valence-electron chi connectivity index (χ2n) is 7.53. The van der Waals surface area contributed by atoms with Gasteiger partial charge in [0.05, 0.1) is 11.5 Å². The average molecular weight is 392 g/mol. The standard InChI is InChI=1S/C22H29NO3.ClH/c1-3-13-23-14-12-22(26,15-17-6-4-16(2)5-7-17)20(21(23)25)18-8-10-19(24)11-9-18;/h4-11,20-21,24-26H,3,12-15H2,1-2H3;1H. The van der Waals surface area contributed by atoms with Gasteiger partial charge in [-0.25, -0.2) is 0 Å². The molecular weight excluding hydrogens is 362 g/mol. The van der Waals surface area contributed by atoms with E-state index >= 15 is 0 Å².